The highest BCUT2D eigenvalue weighted by atomic mass is 16.5. The lowest BCUT2D eigenvalue weighted by Crippen LogP contribution is -2.38. The van der Waals surface area contributed by atoms with E-state index >= 15 is 0 Å². The molecule has 0 saturated carbocycles. The van der Waals surface area contributed by atoms with Crippen molar-refractivity contribution in [3.63, 3.8) is 0 Å². The van der Waals surface area contributed by atoms with E-state index in [9.17, 15) is 0 Å². The van der Waals surface area contributed by atoms with Crippen LogP contribution < -0.4 is 15.4 Å². The van der Waals surface area contributed by atoms with E-state index in [1.165, 1.54) is 12.0 Å². The maximum absolute atomic E-state index is 5.84. The summed E-state index contributed by atoms with van der Waals surface area (Å²) in [6.45, 7) is 11.3. The van der Waals surface area contributed by atoms with E-state index in [4.69, 9.17) is 19.2 Å². The third-order valence-electron chi connectivity index (χ3n) is 3.92. The molecule has 6 nitrogen and oxygen atoms in total. The molecule has 0 radical (unpaired) electrons. The largest absolute Gasteiger partial charge is 0.491 e. The van der Waals surface area contributed by atoms with Gasteiger partial charge in [0.2, 0.25) is 0 Å². The molecule has 0 fully saturated rings. The van der Waals surface area contributed by atoms with E-state index in [1.54, 1.807) is 7.11 Å². The third-order valence-corrected chi connectivity index (χ3v) is 3.92. The van der Waals surface area contributed by atoms with E-state index in [2.05, 4.69) is 49.6 Å². The Morgan fingerprint density at radius 3 is 2.59 bits per heavy atom. The van der Waals surface area contributed by atoms with Crippen LogP contribution in [-0.2, 0) is 16.0 Å². The van der Waals surface area contributed by atoms with Crippen LogP contribution >= 0.6 is 0 Å². The Morgan fingerprint density at radius 1 is 1.04 bits per heavy atom. The molecule has 0 amide bonds. The summed E-state index contributed by atoms with van der Waals surface area (Å²) in [5, 5.41) is 6.65. The Bertz CT molecular complexity index is 535. The minimum Gasteiger partial charge on any atom is -0.491 e. The minimum absolute atomic E-state index is 0.535. The van der Waals surface area contributed by atoms with Gasteiger partial charge in [0.05, 0.1) is 13.2 Å². The van der Waals surface area contributed by atoms with Gasteiger partial charge in [0.25, 0.3) is 0 Å². The first-order chi connectivity index (χ1) is 13.2. The Morgan fingerprint density at radius 2 is 1.85 bits per heavy atom. The molecule has 0 saturated heterocycles. The lowest BCUT2D eigenvalue weighted by atomic mass is 10.1. The monoisotopic (exact) mass is 379 g/mol. The normalized spacial score (nSPS) is 11.5. The fraction of sp³-hybridized carbons (Fsp3) is 0.667. The summed E-state index contributed by atoms with van der Waals surface area (Å²) in [7, 11) is 1.67. The van der Waals surface area contributed by atoms with Crippen molar-refractivity contribution in [3.8, 4) is 5.75 Å². The van der Waals surface area contributed by atoms with Gasteiger partial charge in [-0.05, 0) is 38.3 Å². The first-order valence-corrected chi connectivity index (χ1v) is 10.0. The summed E-state index contributed by atoms with van der Waals surface area (Å²) in [4.78, 5) is 4.69. The lowest BCUT2D eigenvalue weighted by molar-refractivity contribution is 0.129. The predicted molar refractivity (Wildman–Crippen MR) is 112 cm³/mol. The molecule has 0 spiro atoms. The average Bonchev–Trinajstić information content (AvgIpc) is 2.66. The second-order valence-corrected chi connectivity index (χ2v) is 6.39. The molecule has 1 aromatic carbocycles. The molecule has 0 aliphatic carbocycles. The van der Waals surface area contributed by atoms with Gasteiger partial charge in [-0.1, -0.05) is 25.5 Å². The van der Waals surface area contributed by atoms with Gasteiger partial charge in [0.1, 0.15) is 12.4 Å². The summed E-state index contributed by atoms with van der Waals surface area (Å²) < 4.78 is 16.5. The van der Waals surface area contributed by atoms with Crippen molar-refractivity contribution in [2.75, 3.05) is 46.6 Å². The highest BCUT2D eigenvalue weighted by molar-refractivity contribution is 5.79. The number of nitrogens with zero attached hydrogens (tertiary/aromatic N) is 1. The van der Waals surface area contributed by atoms with Gasteiger partial charge in [0.15, 0.2) is 5.96 Å². The van der Waals surface area contributed by atoms with Crippen molar-refractivity contribution in [2.45, 2.75) is 46.6 Å². The highest BCUT2D eigenvalue weighted by Gasteiger charge is 2.05. The molecule has 0 unspecified atom stereocenters. The first-order valence-electron chi connectivity index (χ1n) is 10.0. The SMILES string of the molecule is CCCCOCCCNC(=NCc1ccc(C)cc1OCCOC)NCC. The molecule has 1 aromatic rings. The van der Waals surface area contributed by atoms with Gasteiger partial charge in [-0.25, -0.2) is 4.99 Å². The van der Waals surface area contributed by atoms with Gasteiger partial charge in [-0.3, -0.25) is 0 Å². The van der Waals surface area contributed by atoms with E-state index in [0.29, 0.717) is 19.8 Å². The molecule has 1 rings (SSSR count). The van der Waals surface area contributed by atoms with E-state index in [0.717, 1.165) is 56.4 Å². The minimum atomic E-state index is 0.535. The van der Waals surface area contributed by atoms with Crippen molar-refractivity contribution in [2.24, 2.45) is 4.99 Å². The fourth-order valence-corrected chi connectivity index (χ4v) is 2.40. The van der Waals surface area contributed by atoms with Gasteiger partial charge in [0, 0.05) is 39.0 Å². The molecule has 27 heavy (non-hydrogen) atoms. The topological polar surface area (TPSA) is 64.1 Å². The van der Waals surface area contributed by atoms with Crippen LogP contribution in [-0.4, -0.2) is 52.6 Å². The number of unbranched alkanes of at least 4 members (excludes halogenated alkanes) is 1. The number of rotatable bonds is 14. The molecule has 0 aromatic heterocycles. The summed E-state index contributed by atoms with van der Waals surface area (Å²) in [6.07, 6.45) is 3.26. The standard InChI is InChI=1S/C21H37N3O3/c1-5-7-12-26-13-8-11-23-21(22-6-2)24-17-19-10-9-18(3)16-20(19)27-15-14-25-4/h9-10,16H,5-8,11-15,17H2,1-4H3,(H2,22,23,24). The second-order valence-electron chi connectivity index (χ2n) is 6.39. The highest BCUT2D eigenvalue weighted by Crippen LogP contribution is 2.21. The molecule has 6 heteroatoms. The van der Waals surface area contributed by atoms with Gasteiger partial charge in [-0.2, -0.15) is 0 Å². The number of benzene rings is 1. The van der Waals surface area contributed by atoms with Crippen LogP contribution in [0.5, 0.6) is 5.75 Å². The Kier molecular flexibility index (Phi) is 13.2. The number of guanidine groups is 1. The molecule has 0 heterocycles. The van der Waals surface area contributed by atoms with Gasteiger partial charge in [-0.15, -0.1) is 0 Å². The molecule has 0 bridgehead atoms. The van der Waals surface area contributed by atoms with Crippen LogP contribution in [0.25, 0.3) is 0 Å². The Hall–Kier alpha value is -1.79. The number of methoxy groups -OCH3 is 1. The Balaban J connectivity index is 2.53. The van der Waals surface area contributed by atoms with Crippen molar-refractivity contribution < 1.29 is 14.2 Å². The predicted octanol–water partition coefficient (Wildman–Crippen LogP) is 3.28. The van der Waals surface area contributed by atoms with Crippen molar-refractivity contribution in [1.82, 2.24) is 10.6 Å². The maximum Gasteiger partial charge on any atom is 0.191 e. The van der Waals surface area contributed by atoms with Crippen LogP contribution in [0.15, 0.2) is 23.2 Å². The van der Waals surface area contributed by atoms with E-state index in [1.807, 2.05) is 0 Å². The molecular weight excluding hydrogens is 342 g/mol. The van der Waals surface area contributed by atoms with E-state index < -0.39 is 0 Å². The number of aliphatic imine (C=N–C) groups is 1. The van der Waals surface area contributed by atoms with Crippen LogP contribution in [0, 0.1) is 6.92 Å². The second kappa shape index (κ2) is 15.3. The van der Waals surface area contributed by atoms with Crippen LogP contribution in [0.1, 0.15) is 44.2 Å². The summed E-state index contributed by atoms with van der Waals surface area (Å²) in [5.41, 5.74) is 2.24. The van der Waals surface area contributed by atoms with Crippen LogP contribution in [0.4, 0.5) is 0 Å². The third kappa shape index (κ3) is 10.8. The first kappa shape index (κ1) is 23.2. The van der Waals surface area contributed by atoms with Crippen molar-refractivity contribution >= 4 is 5.96 Å². The zero-order valence-electron chi connectivity index (χ0n) is 17.5. The molecule has 154 valence electrons. The smallest absolute Gasteiger partial charge is 0.191 e. The van der Waals surface area contributed by atoms with Crippen molar-refractivity contribution in [3.05, 3.63) is 29.3 Å². The zero-order chi connectivity index (χ0) is 19.7. The molecule has 0 aliphatic heterocycles. The van der Waals surface area contributed by atoms with Gasteiger partial charge < -0.3 is 24.8 Å². The molecular formula is C21H37N3O3. The summed E-state index contributed by atoms with van der Waals surface area (Å²) >= 11 is 0. The zero-order valence-corrected chi connectivity index (χ0v) is 17.5. The fourth-order valence-electron chi connectivity index (χ4n) is 2.40. The average molecular weight is 380 g/mol. The van der Waals surface area contributed by atoms with Crippen LogP contribution in [0.3, 0.4) is 0 Å². The number of nitrogens with one attached hydrogen (secondary N) is 2. The number of aryl methyl sites for hydroxylation is 1. The maximum atomic E-state index is 5.84. The summed E-state index contributed by atoms with van der Waals surface area (Å²) in [5.74, 6) is 1.69. The Labute approximate surface area is 164 Å². The van der Waals surface area contributed by atoms with Gasteiger partial charge >= 0.3 is 0 Å². The molecule has 0 aliphatic rings. The van der Waals surface area contributed by atoms with E-state index in [-0.39, 0.29) is 0 Å². The van der Waals surface area contributed by atoms with Crippen molar-refractivity contribution in [1.29, 1.82) is 0 Å². The number of hydrogen-bond acceptors (Lipinski definition) is 4. The number of ether oxygens (including phenoxy) is 3. The molecule has 2 N–H and O–H groups in total. The quantitative estimate of drug-likeness (QED) is 0.295. The number of hydrogen-bond donors (Lipinski definition) is 2. The molecule has 0 atom stereocenters. The summed E-state index contributed by atoms with van der Waals surface area (Å²) in [6, 6.07) is 6.21. The van der Waals surface area contributed by atoms with Crippen LogP contribution in [0.2, 0.25) is 0 Å². The lowest BCUT2D eigenvalue weighted by Gasteiger charge is -2.13.